The summed E-state index contributed by atoms with van der Waals surface area (Å²) in [5, 5.41) is 7.51. The number of nitrogens with zero attached hydrogens (tertiary/aromatic N) is 6. The second-order valence-corrected chi connectivity index (χ2v) is 36.7. The first-order chi connectivity index (χ1) is 69.7. The van der Waals surface area contributed by atoms with Gasteiger partial charge >= 0.3 is 0 Å². The lowest BCUT2D eigenvalue weighted by molar-refractivity contribution is 0.660. The molecule has 6 nitrogen and oxygen atoms in total. The zero-order valence-corrected chi connectivity index (χ0v) is 78.3. The summed E-state index contributed by atoms with van der Waals surface area (Å²) in [6.07, 6.45) is 0. The van der Waals surface area contributed by atoms with E-state index in [-0.39, 0.29) is 5.41 Å². The summed E-state index contributed by atoms with van der Waals surface area (Å²) in [5.74, 6) is 0. The predicted molar refractivity (Wildman–Crippen MR) is 597 cm³/mol. The standard InChI is InChI=1S/C51H38N2.2C42H30N2/c1-51(2)47-19-11-9-17-43(47)44-31-30-42(34-48(44)51)52(40-26-21-36(22-27-40)35-13-5-3-6-14-35)41-28-23-37(24-29-41)38-25-32-50-46(33-38)45-18-10-12-20-49(45)53(50)39-15-7-4-8-16-39;1-4-12-31(13-5-1)32-20-25-37(26-21-32)43(35-14-6-2-7-15-35)38-27-22-33(23-28-38)34-24-29-42-40(30-34)39-18-10-11-19-41(39)44(42)36-16-8-3-9-17-36;1-4-12-31(13-5-1)33-20-24-36(25-21-33)43(37-26-22-34(23-27-37)32-14-6-2-7-15-32)38-28-29-42-40(30-38)39-18-10-11-19-41(39)44(42)35-16-8-3-9-17-35/h3-34H,1-2H3;2*1-30H. The SMILES string of the molecule is CC1(C)c2ccccc2-c2ccc(N(c3ccc(-c4ccccc4)cc3)c3ccc(-c4ccc5c(c4)c4ccccc4n5-c4ccccc4)cc3)cc21.c1ccc(-c2ccc(N(c3ccc(-c4ccccc4)cc3)c3ccc4c(c3)c3ccccc3n4-c3ccccc3)cc2)cc1.c1ccc(-c2ccc(N(c3ccccc3)c3ccc(-c4ccc5c(c4)c4ccccc4n5-c4ccccc4)cc3)cc2)cc1. The smallest absolute Gasteiger partial charge is 0.0542 e. The lowest BCUT2D eigenvalue weighted by Crippen LogP contribution is -2.16. The molecule has 0 saturated carbocycles. The van der Waals surface area contributed by atoms with Gasteiger partial charge in [0.2, 0.25) is 0 Å². The minimum absolute atomic E-state index is 0.0864. The molecule has 668 valence electrons. The van der Waals surface area contributed by atoms with Gasteiger partial charge in [-0.1, -0.05) is 378 Å². The molecule has 0 aliphatic heterocycles. The van der Waals surface area contributed by atoms with Crippen LogP contribution in [0, 0.1) is 0 Å². The van der Waals surface area contributed by atoms with Crippen molar-refractivity contribution in [2.24, 2.45) is 0 Å². The quantitative estimate of drug-likeness (QED) is 0.0856. The molecule has 0 fully saturated rings. The predicted octanol–water partition coefficient (Wildman–Crippen LogP) is 37.1. The second kappa shape index (κ2) is 37.4. The highest BCUT2D eigenvalue weighted by atomic mass is 15.2. The topological polar surface area (TPSA) is 24.5 Å². The Kier molecular flexibility index (Phi) is 22.7. The third kappa shape index (κ3) is 16.4. The van der Waals surface area contributed by atoms with Crippen molar-refractivity contribution < 1.29 is 0 Å². The Bertz CT molecular complexity index is 8690. The van der Waals surface area contributed by atoms with Gasteiger partial charge in [-0.2, -0.15) is 0 Å². The third-order valence-corrected chi connectivity index (χ3v) is 28.0. The molecular weight excluding hydrogens is 1710 g/mol. The number of hydrogen-bond acceptors (Lipinski definition) is 3. The summed E-state index contributed by atoms with van der Waals surface area (Å²) >= 11 is 0. The van der Waals surface area contributed by atoms with Crippen LogP contribution in [0.4, 0.5) is 51.2 Å². The van der Waals surface area contributed by atoms with Gasteiger partial charge in [0.1, 0.15) is 0 Å². The van der Waals surface area contributed by atoms with Gasteiger partial charge in [0.25, 0.3) is 0 Å². The van der Waals surface area contributed by atoms with E-state index >= 15 is 0 Å². The number of para-hydroxylation sites is 7. The van der Waals surface area contributed by atoms with Crippen LogP contribution < -0.4 is 14.7 Å². The lowest BCUT2D eigenvalue weighted by Gasteiger charge is -2.28. The van der Waals surface area contributed by atoms with Crippen molar-refractivity contribution in [1.82, 2.24) is 13.7 Å². The van der Waals surface area contributed by atoms with Crippen LogP contribution in [0.15, 0.2) is 558 Å². The monoisotopic (exact) mass is 1800 g/mol. The van der Waals surface area contributed by atoms with E-state index in [0.717, 1.165) is 56.9 Å². The Morgan fingerprint density at radius 3 is 0.695 bits per heavy atom. The van der Waals surface area contributed by atoms with Crippen LogP contribution in [-0.4, -0.2) is 13.7 Å². The Morgan fingerprint density at radius 2 is 0.355 bits per heavy atom. The van der Waals surface area contributed by atoms with E-state index in [0.29, 0.717) is 0 Å². The largest absolute Gasteiger partial charge is 0.311 e. The number of anilines is 9. The van der Waals surface area contributed by atoms with Crippen molar-refractivity contribution in [3.05, 3.63) is 569 Å². The number of rotatable bonds is 18. The fourth-order valence-electron chi connectivity index (χ4n) is 21.1. The third-order valence-electron chi connectivity index (χ3n) is 28.0. The van der Waals surface area contributed by atoms with Crippen molar-refractivity contribution in [2.75, 3.05) is 14.7 Å². The molecule has 0 bridgehead atoms. The summed E-state index contributed by atoms with van der Waals surface area (Å²) in [5.41, 5.74) is 40.7. The van der Waals surface area contributed by atoms with Crippen molar-refractivity contribution in [1.29, 1.82) is 0 Å². The van der Waals surface area contributed by atoms with Crippen LogP contribution in [0.25, 0.3) is 160 Å². The number of aromatic nitrogens is 3. The Labute approximate surface area is 822 Å². The molecule has 0 unspecified atom stereocenters. The zero-order valence-electron chi connectivity index (χ0n) is 78.3. The molecular formula is C135H98N6. The molecule has 0 atom stereocenters. The molecule has 1 aliphatic carbocycles. The molecule has 0 amide bonds. The molecule has 141 heavy (non-hydrogen) atoms. The maximum atomic E-state index is 2.41. The van der Waals surface area contributed by atoms with Crippen LogP contribution in [0.3, 0.4) is 0 Å². The summed E-state index contributed by atoms with van der Waals surface area (Å²) in [6.45, 7) is 4.70. The first kappa shape index (κ1) is 85.6. The fraction of sp³-hybridized carbons (Fsp3) is 0.0222. The molecule has 0 N–H and O–H groups in total. The van der Waals surface area contributed by atoms with Gasteiger partial charge in [-0.3, -0.25) is 0 Å². The van der Waals surface area contributed by atoms with Gasteiger partial charge in [0, 0.05) is 106 Å². The average molecular weight is 1800 g/mol. The summed E-state index contributed by atoms with van der Waals surface area (Å²) in [7, 11) is 0. The summed E-state index contributed by atoms with van der Waals surface area (Å²) < 4.78 is 7.09. The molecule has 22 aromatic carbocycles. The number of hydrogen-bond donors (Lipinski definition) is 0. The van der Waals surface area contributed by atoms with E-state index in [1.807, 2.05) is 0 Å². The van der Waals surface area contributed by atoms with Crippen molar-refractivity contribution in [3.63, 3.8) is 0 Å². The van der Waals surface area contributed by atoms with E-state index in [1.165, 1.54) is 166 Å². The molecule has 0 saturated heterocycles. The van der Waals surface area contributed by atoms with Gasteiger partial charge in [-0.25, -0.2) is 0 Å². The molecule has 3 heterocycles. The molecule has 6 heteroatoms. The highest BCUT2D eigenvalue weighted by Gasteiger charge is 2.36. The summed E-state index contributed by atoms with van der Waals surface area (Å²) in [6, 6.07) is 201. The number of benzene rings is 22. The van der Waals surface area contributed by atoms with Crippen LogP contribution in [-0.2, 0) is 5.41 Å². The highest BCUT2D eigenvalue weighted by molar-refractivity contribution is 6.13. The van der Waals surface area contributed by atoms with E-state index in [4.69, 9.17) is 0 Å². The Hall–Kier alpha value is -18.4. The van der Waals surface area contributed by atoms with Crippen LogP contribution in [0.5, 0.6) is 0 Å². The van der Waals surface area contributed by atoms with Crippen molar-refractivity contribution in [2.45, 2.75) is 19.3 Å². The first-order valence-corrected chi connectivity index (χ1v) is 48.5. The van der Waals surface area contributed by atoms with Gasteiger partial charge in [0.15, 0.2) is 0 Å². The Morgan fingerprint density at radius 1 is 0.142 bits per heavy atom. The van der Waals surface area contributed by atoms with Gasteiger partial charge in [0.05, 0.1) is 33.1 Å². The van der Waals surface area contributed by atoms with Crippen molar-refractivity contribution in [3.8, 4) is 95.0 Å². The molecule has 26 rings (SSSR count). The van der Waals surface area contributed by atoms with Crippen LogP contribution in [0.1, 0.15) is 25.0 Å². The maximum absolute atomic E-state index is 2.41. The fourth-order valence-corrected chi connectivity index (χ4v) is 21.1. The van der Waals surface area contributed by atoms with E-state index in [9.17, 15) is 0 Å². The first-order valence-electron chi connectivity index (χ1n) is 48.5. The molecule has 0 radical (unpaired) electrons. The summed E-state index contributed by atoms with van der Waals surface area (Å²) in [4.78, 5) is 7.07. The maximum Gasteiger partial charge on any atom is 0.0542 e. The minimum atomic E-state index is -0.0864. The molecule has 0 spiro atoms. The minimum Gasteiger partial charge on any atom is -0.311 e. The lowest BCUT2D eigenvalue weighted by atomic mass is 9.82. The highest BCUT2D eigenvalue weighted by Crippen LogP contribution is 2.52. The normalized spacial score (nSPS) is 11.8. The van der Waals surface area contributed by atoms with E-state index in [1.54, 1.807) is 0 Å². The zero-order chi connectivity index (χ0) is 94.1. The Balaban J connectivity index is 0.000000115. The average Bonchev–Trinajstić information content (AvgIpc) is 1.58. The van der Waals surface area contributed by atoms with Gasteiger partial charge in [-0.15, -0.1) is 0 Å². The van der Waals surface area contributed by atoms with Crippen LogP contribution >= 0.6 is 0 Å². The molecule has 3 aromatic heterocycles. The van der Waals surface area contributed by atoms with Crippen molar-refractivity contribution >= 4 is 117 Å². The van der Waals surface area contributed by atoms with E-state index < -0.39 is 0 Å². The number of fused-ring (bicyclic) bond motifs is 12. The van der Waals surface area contributed by atoms with Gasteiger partial charge < -0.3 is 28.4 Å². The van der Waals surface area contributed by atoms with Crippen LogP contribution in [0.2, 0.25) is 0 Å². The molecule has 25 aromatic rings. The molecule has 1 aliphatic rings. The van der Waals surface area contributed by atoms with Gasteiger partial charge in [-0.05, 0) is 283 Å². The van der Waals surface area contributed by atoms with E-state index in [2.05, 4.69) is 600 Å². The second-order valence-electron chi connectivity index (χ2n) is 36.7.